The van der Waals surface area contributed by atoms with Crippen LogP contribution in [0.1, 0.15) is 46.1 Å². The summed E-state index contributed by atoms with van der Waals surface area (Å²) in [6.45, 7) is 10.7. The number of nitrogens with zero attached hydrogens (tertiary/aromatic N) is 2. The molecule has 1 aromatic heterocycles. The summed E-state index contributed by atoms with van der Waals surface area (Å²) >= 11 is 5.94. The number of pyridine rings is 1. The van der Waals surface area contributed by atoms with E-state index in [-0.39, 0.29) is 5.82 Å². The molecule has 0 unspecified atom stereocenters. The highest BCUT2D eigenvalue weighted by Crippen LogP contribution is 2.22. The van der Waals surface area contributed by atoms with E-state index in [9.17, 15) is 4.39 Å². The number of aromatic nitrogens is 1. The molecule has 2 nitrogen and oxygen atoms in total. The molecule has 0 saturated heterocycles. The molecule has 114 valence electrons. The lowest BCUT2D eigenvalue weighted by Gasteiger charge is -2.27. The van der Waals surface area contributed by atoms with E-state index in [2.05, 4.69) is 37.6 Å². The quantitative estimate of drug-likeness (QED) is 0.637. The Bertz CT molecular complexity index is 395. The van der Waals surface area contributed by atoms with Crippen molar-refractivity contribution in [3.63, 3.8) is 0 Å². The van der Waals surface area contributed by atoms with Gasteiger partial charge in [-0.25, -0.2) is 9.37 Å². The van der Waals surface area contributed by atoms with Crippen molar-refractivity contribution in [2.24, 2.45) is 11.8 Å². The van der Waals surface area contributed by atoms with Crippen molar-refractivity contribution in [1.29, 1.82) is 0 Å². The van der Waals surface area contributed by atoms with Crippen LogP contribution in [0.25, 0.3) is 0 Å². The predicted octanol–water partition coefficient (Wildman–Crippen LogP) is 4.86. The highest BCUT2D eigenvalue weighted by atomic mass is 35.5. The molecule has 0 saturated carbocycles. The van der Waals surface area contributed by atoms with Crippen LogP contribution in [0.15, 0.2) is 12.3 Å². The van der Waals surface area contributed by atoms with Gasteiger partial charge >= 0.3 is 0 Å². The van der Waals surface area contributed by atoms with Gasteiger partial charge in [-0.3, -0.25) is 0 Å². The van der Waals surface area contributed by atoms with Crippen LogP contribution in [0, 0.1) is 17.7 Å². The topological polar surface area (TPSA) is 16.1 Å². The maximum Gasteiger partial charge on any atom is 0.141 e. The second-order valence-corrected chi connectivity index (χ2v) is 6.39. The van der Waals surface area contributed by atoms with Crippen molar-refractivity contribution >= 4 is 17.4 Å². The molecule has 20 heavy (non-hydrogen) atoms. The molecule has 1 aromatic rings. The standard InChI is InChI=1S/C16H26ClFN2/c1-12(2)5-7-20(8-6-13(3)4)16-14(10-17)9-15(18)11-19-16/h9,11-13H,5-8,10H2,1-4H3. The average molecular weight is 301 g/mol. The fourth-order valence-electron chi connectivity index (χ4n) is 2.01. The molecule has 0 N–H and O–H groups in total. The molecule has 1 rings (SSSR count). The molecule has 4 heteroatoms. The highest BCUT2D eigenvalue weighted by molar-refractivity contribution is 6.17. The Morgan fingerprint density at radius 3 is 2.15 bits per heavy atom. The van der Waals surface area contributed by atoms with Gasteiger partial charge in [0.1, 0.15) is 11.6 Å². The Labute approximate surface area is 127 Å². The Morgan fingerprint density at radius 1 is 1.15 bits per heavy atom. The van der Waals surface area contributed by atoms with Gasteiger partial charge in [-0.15, -0.1) is 11.6 Å². The first-order chi connectivity index (χ1) is 9.43. The van der Waals surface area contributed by atoms with E-state index in [0.717, 1.165) is 37.3 Å². The van der Waals surface area contributed by atoms with Crippen LogP contribution in [-0.4, -0.2) is 18.1 Å². The molecule has 0 aliphatic heterocycles. The van der Waals surface area contributed by atoms with Gasteiger partial charge < -0.3 is 4.90 Å². The third kappa shape index (κ3) is 5.66. The summed E-state index contributed by atoms with van der Waals surface area (Å²) in [6, 6.07) is 1.49. The summed E-state index contributed by atoms with van der Waals surface area (Å²) in [5.41, 5.74) is 0.777. The fraction of sp³-hybridized carbons (Fsp3) is 0.688. The number of rotatable bonds is 8. The van der Waals surface area contributed by atoms with Crippen LogP contribution < -0.4 is 4.90 Å². The van der Waals surface area contributed by atoms with Gasteiger partial charge in [0.05, 0.1) is 12.1 Å². The van der Waals surface area contributed by atoms with Crippen molar-refractivity contribution in [1.82, 2.24) is 4.98 Å². The first kappa shape index (κ1) is 17.2. The van der Waals surface area contributed by atoms with Crippen molar-refractivity contribution in [3.8, 4) is 0 Å². The Hall–Kier alpha value is -0.830. The number of alkyl halides is 1. The van der Waals surface area contributed by atoms with Crippen molar-refractivity contribution in [3.05, 3.63) is 23.6 Å². The largest absolute Gasteiger partial charge is 0.356 e. The number of halogens is 2. The molecule has 0 bridgehead atoms. The lowest BCUT2D eigenvalue weighted by atomic mass is 10.1. The first-order valence-electron chi connectivity index (χ1n) is 7.39. The number of hydrogen-bond donors (Lipinski definition) is 0. The smallest absolute Gasteiger partial charge is 0.141 e. The maximum atomic E-state index is 13.3. The third-order valence-electron chi connectivity index (χ3n) is 3.31. The van der Waals surface area contributed by atoms with Crippen molar-refractivity contribution in [2.45, 2.75) is 46.4 Å². The van der Waals surface area contributed by atoms with Crippen molar-refractivity contribution in [2.75, 3.05) is 18.0 Å². The van der Waals surface area contributed by atoms with Gasteiger partial charge in [-0.05, 0) is 30.7 Å². The molecule has 0 aromatic carbocycles. The molecular formula is C16H26ClFN2. The van der Waals surface area contributed by atoms with Crippen LogP contribution in [0.5, 0.6) is 0 Å². The monoisotopic (exact) mass is 300 g/mol. The fourth-order valence-corrected chi connectivity index (χ4v) is 2.21. The summed E-state index contributed by atoms with van der Waals surface area (Å²) < 4.78 is 13.3. The van der Waals surface area contributed by atoms with Crippen molar-refractivity contribution < 1.29 is 4.39 Å². The minimum atomic E-state index is -0.322. The van der Waals surface area contributed by atoms with E-state index in [1.165, 1.54) is 12.3 Å². The van der Waals surface area contributed by atoms with E-state index < -0.39 is 0 Å². The van der Waals surface area contributed by atoms with E-state index >= 15 is 0 Å². The van der Waals surface area contributed by atoms with Crippen LogP contribution in [0.2, 0.25) is 0 Å². The summed E-state index contributed by atoms with van der Waals surface area (Å²) in [4.78, 5) is 6.52. The molecule has 0 atom stereocenters. The Balaban J connectivity index is 2.89. The molecule has 0 aliphatic rings. The van der Waals surface area contributed by atoms with Gasteiger partial charge in [-0.2, -0.15) is 0 Å². The number of anilines is 1. The molecular weight excluding hydrogens is 275 g/mol. The van der Waals surface area contributed by atoms with E-state index in [1.807, 2.05) is 0 Å². The zero-order valence-electron chi connectivity index (χ0n) is 13.0. The van der Waals surface area contributed by atoms with Gasteiger partial charge in [0.25, 0.3) is 0 Å². The van der Waals surface area contributed by atoms with E-state index in [4.69, 9.17) is 11.6 Å². The van der Waals surface area contributed by atoms with Crippen LogP contribution >= 0.6 is 11.6 Å². The Kier molecular flexibility index (Phi) is 7.28. The molecule has 0 radical (unpaired) electrons. The van der Waals surface area contributed by atoms with Gasteiger partial charge in [0, 0.05) is 18.7 Å². The normalized spacial score (nSPS) is 11.4. The SMILES string of the molecule is CC(C)CCN(CCC(C)C)c1ncc(F)cc1CCl. The van der Waals surface area contributed by atoms with E-state index in [1.54, 1.807) is 0 Å². The number of hydrogen-bond acceptors (Lipinski definition) is 2. The van der Waals surface area contributed by atoms with E-state index in [0.29, 0.717) is 17.7 Å². The molecule has 0 amide bonds. The second-order valence-electron chi connectivity index (χ2n) is 6.12. The predicted molar refractivity (Wildman–Crippen MR) is 84.9 cm³/mol. The molecule has 0 fully saturated rings. The zero-order chi connectivity index (χ0) is 15.1. The summed E-state index contributed by atoms with van der Waals surface area (Å²) in [6.07, 6.45) is 3.47. The highest BCUT2D eigenvalue weighted by Gasteiger charge is 2.14. The lowest BCUT2D eigenvalue weighted by Crippen LogP contribution is -2.29. The second kappa shape index (κ2) is 8.46. The molecule has 0 aliphatic carbocycles. The van der Waals surface area contributed by atoms with Gasteiger partial charge in [0.15, 0.2) is 0 Å². The molecule has 1 heterocycles. The average Bonchev–Trinajstić information content (AvgIpc) is 2.38. The minimum absolute atomic E-state index is 0.292. The van der Waals surface area contributed by atoms with Gasteiger partial charge in [-0.1, -0.05) is 27.7 Å². The molecule has 0 spiro atoms. The van der Waals surface area contributed by atoms with Gasteiger partial charge in [0.2, 0.25) is 0 Å². The Morgan fingerprint density at radius 2 is 1.70 bits per heavy atom. The summed E-state index contributed by atoms with van der Waals surface area (Å²) in [7, 11) is 0. The maximum absolute atomic E-state index is 13.3. The lowest BCUT2D eigenvalue weighted by molar-refractivity contribution is 0.531. The van der Waals surface area contributed by atoms with Crippen LogP contribution in [0.3, 0.4) is 0 Å². The zero-order valence-corrected chi connectivity index (χ0v) is 13.8. The minimum Gasteiger partial charge on any atom is -0.356 e. The van der Waals surface area contributed by atoms with Crippen LogP contribution in [0.4, 0.5) is 10.2 Å². The first-order valence-corrected chi connectivity index (χ1v) is 7.92. The van der Waals surface area contributed by atoms with Crippen LogP contribution in [-0.2, 0) is 5.88 Å². The third-order valence-corrected chi connectivity index (χ3v) is 3.59. The summed E-state index contributed by atoms with van der Waals surface area (Å²) in [5, 5.41) is 0. The summed E-state index contributed by atoms with van der Waals surface area (Å²) in [5.74, 6) is 2.08.